The van der Waals surface area contributed by atoms with Gasteiger partial charge >= 0.3 is 0 Å². The number of benzene rings is 2. The Hall–Kier alpha value is -2.74. The summed E-state index contributed by atoms with van der Waals surface area (Å²) >= 11 is 11.8. The van der Waals surface area contributed by atoms with Crippen LogP contribution in [0.4, 0.5) is 8.78 Å². The van der Waals surface area contributed by atoms with Crippen LogP contribution in [0, 0.1) is 11.6 Å². The largest absolute Gasteiger partial charge is 0.345 e. The van der Waals surface area contributed by atoms with E-state index in [2.05, 4.69) is 40.8 Å². The minimum atomic E-state index is -0.903. The first-order chi connectivity index (χ1) is 14.4. The minimum Gasteiger partial charge on any atom is -0.345 e. The SMILES string of the molecule is O=C(c1c(F)cccc1F)c1c[nH]c2ncc(Cl)cc12.Sc1cc2ccccc2s1. The Kier molecular flexibility index (Phi) is 5.85. The Labute approximate surface area is 184 Å². The monoisotopic (exact) mass is 458 g/mol. The molecule has 0 aliphatic carbocycles. The second-order valence-corrected chi connectivity index (χ2v) is 8.60. The summed E-state index contributed by atoms with van der Waals surface area (Å²) < 4.78 is 29.7. The molecule has 0 amide bonds. The number of carbonyl (C=O) groups is 1. The van der Waals surface area contributed by atoms with Crippen LogP contribution in [0.15, 0.2) is 71.2 Å². The molecule has 3 nitrogen and oxygen atoms in total. The highest BCUT2D eigenvalue weighted by molar-refractivity contribution is 7.83. The highest BCUT2D eigenvalue weighted by atomic mass is 35.5. The van der Waals surface area contributed by atoms with Crippen LogP contribution in [-0.2, 0) is 0 Å². The molecule has 30 heavy (non-hydrogen) atoms. The molecule has 0 bridgehead atoms. The van der Waals surface area contributed by atoms with Gasteiger partial charge in [0.25, 0.3) is 0 Å². The number of pyridine rings is 1. The van der Waals surface area contributed by atoms with Crippen molar-refractivity contribution in [3.8, 4) is 0 Å². The van der Waals surface area contributed by atoms with Crippen LogP contribution < -0.4 is 0 Å². The van der Waals surface area contributed by atoms with E-state index in [1.165, 1.54) is 34.6 Å². The Morgan fingerprint density at radius 2 is 1.80 bits per heavy atom. The molecule has 1 N–H and O–H groups in total. The van der Waals surface area contributed by atoms with E-state index in [0.29, 0.717) is 16.1 Å². The van der Waals surface area contributed by atoms with E-state index < -0.39 is 23.0 Å². The molecule has 0 atom stereocenters. The van der Waals surface area contributed by atoms with Gasteiger partial charge in [-0.3, -0.25) is 4.79 Å². The van der Waals surface area contributed by atoms with Crippen molar-refractivity contribution in [1.29, 1.82) is 0 Å². The number of aromatic nitrogens is 2. The van der Waals surface area contributed by atoms with Crippen LogP contribution in [0.25, 0.3) is 21.1 Å². The summed E-state index contributed by atoms with van der Waals surface area (Å²) in [6.07, 6.45) is 2.78. The first-order valence-electron chi connectivity index (χ1n) is 8.73. The number of carbonyl (C=O) groups excluding carboxylic acids is 1. The minimum absolute atomic E-state index is 0.124. The lowest BCUT2D eigenvalue weighted by atomic mass is 10.0. The number of H-pyrrole nitrogens is 1. The van der Waals surface area contributed by atoms with Crippen molar-refractivity contribution in [2.45, 2.75) is 4.21 Å². The molecule has 0 saturated heterocycles. The molecule has 8 heteroatoms. The van der Waals surface area contributed by atoms with Gasteiger partial charge in [0.2, 0.25) is 5.78 Å². The quantitative estimate of drug-likeness (QED) is 0.223. The number of thiophene rings is 1. The maximum Gasteiger partial charge on any atom is 0.201 e. The predicted octanol–water partition coefficient (Wildman–Crippen LogP) is 6.92. The highest BCUT2D eigenvalue weighted by Gasteiger charge is 2.21. The molecule has 5 aromatic rings. The van der Waals surface area contributed by atoms with Crippen LogP contribution in [0.2, 0.25) is 5.02 Å². The molecule has 0 unspecified atom stereocenters. The predicted molar refractivity (Wildman–Crippen MR) is 120 cm³/mol. The van der Waals surface area contributed by atoms with Gasteiger partial charge in [-0.1, -0.05) is 35.9 Å². The molecule has 150 valence electrons. The number of nitrogens with zero attached hydrogens (tertiary/aromatic N) is 1. The van der Waals surface area contributed by atoms with E-state index in [9.17, 15) is 13.6 Å². The van der Waals surface area contributed by atoms with Crippen LogP contribution in [0.3, 0.4) is 0 Å². The number of hydrogen-bond acceptors (Lipinski definition) is 4. The van der Waals surface area contributed by atoms with E-state index >= 15 is 0 Å². The van der Waals surface area contributed by atoms with Crippen molar-refractivity contribution in [2.75, 3.05) is 0 Å². The van der Waals surface area contributed by atoms with Crippen molar-refractivity contribution in [3.63, 3.8) is 0 Å². The van der Waals surface area contributed by atoms with Crippen molar-refractivity contribution in [3.05, 3.63) is 94.8 Å². The zero-order valence-corrected chi connectivity index (χ0v) is 17.7. The van der Waals surface area contributed by atoms with E-state index in [4.69, 9.17) is 11.6 Å². The average Bonchev–Trinajstić information content (AvgIpc) is 3.30. The van der Waals surface area contributed by atoms with Gasteiger partial charge in [-0.15, -0.1) is 24.0 Å². The number of hydrogen-bond donors (Lipinski definition) is 2. The second kappa shape index (κ2) is 8.55. The van der Waals surface area contributed by atoms with Gasteiger partial charge in [-0.2, -0.15) is 0 Å². The molecular formula is C22H13ClF2N2OS2. The van der Waals surface area contributed by atoms with Crippen molar-refractivity contribution in [2.24, 2.45) is 0 Å². The number of halogens is 3. The van der Waals surface area contributed by atoms with Crippen molar-refractivity contribution in [1.82, 2.24) is 9.97 Å². The summed E-state index contributed by atoms with van der Waals surface area (Å²) in [5.41, 5.74) is -0.0399. The summed E-state index contributed by atoms with van der Waals surface area (Å²) in [6, 6.07) is 15.2. The third-order valence-corrected chi connectivity index (χ3v) is 5.87. The maximum atomic E-state index is 13.7. The van der Waals surface area contributed by atoms with Gasteiger partial charge in [-0.05, 0) is 35.7 Å². The molecule has 0 aliphatic rings. The molecule has 5 rings (SSSR count). The Bertz CT molecular complexity index is 1330. The zero-order valence-electron chi connectivity index (χ0n) is 15.2. The smallest absolute Gasteiger partial charge is 0.201 e. The Balaban J connectivity index is 0.000000181. The van der Waals surface area contributed by atoms with Crippen LogP contribution in [-0.4, -0.2) is 15.8 Å². The fourth-order valence-electron chi connectivity index (χ4n) is 2.98. The fourth-order valence-corrected chi connectivity index (χ4v) is 4.38. The normalized spacial score (nSPS) is 10.8. The van der Waals surface area contributed by atoms with E-state index in [0.717, 1.165) is 16.3 Å². The molecule has 0 saturated carbocycles. The zero-order chi connectivity index (χ0) is 21.3. The molecule has 3 heterocycles. The summed E-state index contributed by atoms with van der Waals surface area (Å²) in [7, 11) is 0. The summed E-state index contributed by atoms with van der Waals surface area (Å²) in [5.74, 6) is -2.56. The van der Waals surface area contributed by atoms with Crippen LogP contribution in [0.5, 0.6) is 0 Å². The Morgan fingerprint density at radius 1 is 1.07 bits per heavy atom. The maximum absolute atomic E-state index is 13.7. The first kappa shape index (κ1) is 20.5. The third-order valence-electron chi connectivity index (χ3n) is 4.34. The topological polar surface area (TPSA) is 45.8 Å². The number of ketones is 1. The summed E-state index contributed by atoms with van der Waals surface area (Å²) in [5, 5.41) is 2.04. The lowest BCUT2D eigenvalue weighted by Crippen LogP contribution is -2.06. The standard InChI is InChI=1S/C14H7ClF2N2O.C8H6S2/c15-7-4-8-9(6-19-14(8)18-5-7)13(20)12-10(16)2-1-3-11(12)17;9-8-5-6-3-1-2-4-7(6)10-8/h1-6H,(H,18,19);1-5,9H. The molecule has 0 aliphatic heterocycles. The lowest BCUT2D eigenvalue weighted by Gasteiger charge is -2.03. The van der Waals surface area contributed by atoms with Crippen molar-refractivity contribution >= 4 is 62.5 Å². The van der Waals surface area contributed by atoms with Crippen LogP contribution in [0.1, 0.15) is 15.9 Å². The number of rotatable bonds is 2. The van der Waals surface area contributed by atoms with E-state index in [-0.39, 0.29) is 5.56 Å². The van der Waals surface area contributed by atoms with Gasteiger partial charge in [0.15, 0.2) is 0 Å². The first-order valence-corrected chi connectivity index (χ1v) is 10.4. The molecule has 0 spiro atoms. The lowest BCUT2D eigenvalue weighted by molar-refractivity contribution is 0.103. The fraction of sp³-hybridized carbons (Fsp3) is 0. The molecule has 2 aromatic carbocycles. The summed E-state index contributed by atoms with van der Waals surface area (Å²) in [4.78, 5) is 19.1. The van der Waals surface area contributed by atoms with Gasteiger partial charge in [0, 0.05) is 28.0 Å². The van der Waals surface area contributed by atoms with Crippen LogP contribution >= 0.6 is 35.6 Å². The highest BCUT2D eigenvalue weighted by Crippen LogP contribution is 2.27. The van der Waals surface area contributed by atoms with Gasteiger partial charge < -0.3 is 4.98 Å². The molecule has 3 aromatic heterocycles. The van der Waals surface area contributed by atoms with E-state index in [1.807, 2.05) is 12.1 Å². The number of fused-ring (bicyclic) bond motifs is 2. The summed E-state index contributed by atoms with van der Waals surface area (Å²) in [6.45, 7) is 0. The third kappa shape index (κ3) is 4.09. The molecule has 0 radical (unpaired) electrons. The number of nitrogens with one attached hydrogen (secondary N) is 1. The van der Waals surface area contributed by atoms with Gasteiger partial charge in [0.1, 0.15) is 17.3 Å². The molecular weight excluding hydrogens is 446 g/mol. The second-order valence-electron chi connectivity index (χ2n) is 6.30. The van der Waals surface area contributed by atoms with E-state index in [1.54, 1.807) is 11.3 Å². The Morgan fingerprint density at radius 3 is 2.53 bits per heavy atom. The average molecular weight is 459 g/mol. The number of aromatic amines is 1. The number of thiol groups is 1. The molecule has 0 fully saturated rings. The van der Waals surface area contributed by atoms with Crippen molar-refractivity contribution < 1.29 is 13.6 Å². The van der Waals surface area contributed by atoms with Gasteiger partial charge in [0.05, 0.1) is 14.8 Å². The van der Waals surface area contributed by atoms with Gasteiger partial charge in [-0.25, -0.2) is 13.8 Å².